The lowest BCUT2D eigenvalue weighted by atomic mass is 10.1. The van der Waals surface area contributed by atoms with Gasteiger partial charge in [-0.25, -0.2) is 0 Å². The van der Waals surface area contributed by atoms with Gasteiger partial charge < -0.3 is 15.5 Å². The molecule has 110 valence electrons. The molecular formula is C15H23N3OS. The number of hydrogen-bond donors (Lipinski definition) is 1. The number of benzene rings is 1. The van der Waals surface area contributed by atoms with Crippen LogP contribution >= 0.6 is 11.8 Å². The highest BCUT2D eigenvalue weighted by molar-refractivity contribution is 8.00. The summed E-state index contributed by atoms with van der Waals surface area (Å²) in [4.78, 5) is 16.2. The normalized spacial score (nSPS) is 22.7. The third-order valence-corrected chi connectivity index (χ3v) is 4.65. The molecule has 20 heavy (non-hydrogen) atoms. The van der Waals surface area contributed by atoms with Crippen molar-refractivity contribution in [3.63, 3.8) is 0 Å². The number of nitrogen functional groups attached to an aromatic ring is 1. The van der Waals surface area contributed by atoms with Gasteiger partial charge >= 0.3 is 0 Å². The molecule has 1 aromatic carbocycles. The van der Waals surface area contributed by atoms with Gasteiger partial charge in [0.1, 0.15) is 0 Å². The lowest BCUT2D eigenvalue weighted by molar-refractivity contribution is 0.0828. The first kappa shape index (κ1) is 15.0. The van der Waals surface area contributed by atoms with Crippen molar-refractivity contribution in [2.24, 2.45) is 0 Å². The standard InChI is InChI=1S/C15H23N3OS/c1-10-8-18(9-11(2)20-10)14-7-12(16)5-6-13(14)15(19)17(3)4/h5-7,10-11H,8-9,16H2,1-4H3. The van der Waals surface area contributed by atoms with Gasteiger partial charge in [-0.15, -0.1) is 0 Å². The molecule has 0 aromatic heterocycles. The smallest absolute Gasteiger partial charge is 0.255 e. The monoisotopic (exact) mass is 293 g/mol. The average Bonchev–Trinajstić information content (AvgIpc) is 2.36. The maximum absolute atomic E-state index is 12.3. The fourth-order valence-corrected chi connectivity index (χ4v) is 3.93. The van der Waals surface area contributed by atoms with E-state index in [-0.39, 0.29) is 5.91 Å². The van der Waals surface area contributed by atoms with E-state index in [0.717, 1.165) is 24.3 Å². The van der Waals surface area contributed by atoms with Gasteiger partial charge in [-0.05, 0) is 18.2 Å². The maximum Gasteiger partial charge on any atom is 0.255 e. The summed E-state index contributed by atoms with van der Waals surface area (Å²) in [7, 11) is 3.56. The van der Waals surface area contributed by atoms with Crippen LogP contribution in [0.4, 0.5) is 11.4 Å². The molecule has 1 aromatic rings. The van der Waals surface area contributed by atoms with Crippen LogP contribution in [0.25, 0.3) is 0 Å². The van der Waals surface area contributed by atoms with Crippen LogP contribution in [0.15, 0.2) is 18.2 Å². The van der Waals surface area contributed by atoms with Gasteiger partial charge in [-0.1, -0.05) is 13.8 Å². The summed E-state index contributed by atoms with van der Waals surface area (Å²) in [6.07, 6.45) is 0. The molecule has 0 spiro atoms. The molecule has 1 aliphatic heterocycles. The zero-order valence-electron chi connectivity index (χ0n) is 12.6. The molecule has 1 fully saturated rings. The number of hydrogen-bond acceptors (Lipinski definition) is 4. The molecule has 2 N–H and O–H groups in total. The van der Waals surface area contributed by atoms with E-state index in [4.69, 9.17) is 5.73 Å². The fraction of sp³-hybridized carbons (Fsp3) is 0.533. The Morgan fingerprint density at radius 3 is 2.45 bits per heavy atom. The molecule has 1 amide bonds. The Bertz CT molecular complexity index is 494. The highest BCUT2D eigenvalue weighted by atomic mass is 32.2. The second kappa shape index (κ2) is 5.95. The van der Waals surface area contributed by atoms with E-state index in [2.05, 4.69) is 18.7 Å². The van der Waals surface area contributed by atoms with Gasteiger partial charge in [-0.2, -0.15) is 11.8 Å². The van der Waals surface area contributed by atoms with E-state index in [9.17, 15) is 4.79 Å². The maximum atomic E-state index is 12.3. The first-order valence-corrected chi connectivity index (χ1v) is 7.84. The number of carbonyl (C=O) groups excluding carboxylic acids is 1. The quantitative estimate of drug-likeness (QED) is 0.850. The second-order valence-electron chi connectivity index (χ2n) is 5.64. The van der Waals surface area contributed by atoms with Gasteiger partial charge in [0.25, 0.3) is 5.91 Å². The van der Waals surface area contributed by atoms with Gasteiger partial charge in [0.05, 0.1) is 11.3 Å². The molecule has 2 rings (SSSR count). The van der Waals surface area contributed by atoms with Crippen LogP contribution in [-0.2, 0) is 0 Å². The minimum Gasteiger partial charge on any atom is -0.399 e. The van der Waals surface area contributed by atoms with Crippen LogP contribution in [0.1, 0.15) is 24.2 Å². The lowest BCUT2D eigenvalue weighted by Crippen LogP contribution is -2.41. The first-order valence-electron chi connectivity index (χ1n) is 6.90. The summed E-state index contributed by atoms with van der Waals surface area (Å²) in [6.45, 7) is 6.36. The summed E-state index contributed by atoms with van der Waals surface area (Å²) in [5, 5.41) is 1.12. The van der Waals surface area contributed by atoms with Crippen LogP contribution in [0.5, 0.6) is 0 Å². The zero-order valence-corrected chi connectivity index (χ0v) is 13.4. The summed E-state index contributed by atoms with van der Waals surface area (Å²) >= 11 is 2.00. The summed E-state index contributed by atoms with van der Waals surface area (Å²) in [5.41, 5.74) is 8.32. The van der Waals surface area contributed by atoms with E-state index in [1.54, 1.807) is 25.1 Å². The number of thioether (sulfide) groups is 1. The largest absolute Gasteiger partial charge is 0.399 e. The number of nitrogens with zero attached hydrogens (tertiary/aromatic N) is 2. The summed E-state index contributed by atoms with van der Waals surface area (Å²) in [5.74, 6) is 0.0264. The van der Waals surface area contributed by atoms with E-state index in [1.165, 1.54) is 0 Å². The van der Waals surface area contributed by atoms with Crippen molar-refractivity contribution in [1.29, 1.82) is 0 Å². The first-order chi connectivity index (χ1) is 9.38. The van der Waals surface area contributed by atoms with Gasteiger partial charge in [0.2, 0.25) is 0 Å². The highest BCUT2D eigenvalue weighted by Crippen LogP contribution is 2.32. The number of nitrogens with two attached hydrogens (primary N) is 1. The SMILES string of the molecule is CC1CN(c2cc(N)ccc2C(=O)N(C)C)CC(C)S1. The highest BCUT2D eigenvalue weighted by Gasteiger charge is 2.26. The van der Waals surface area contributed by atoms with Crippen molar-refractivity contribution in [3.8, 4) is 0 Å². The van der Waals surface area contributed by atoms with Crippen molar-refractivity contribution in [2.45, 2.75) is 24.3 Å². The second-order valence-corrected chi connectivity index (χ2v) is 7.52. The predicted molar refractivity (Wildman–Crippen MR) is 87.6 cm³/mol. The van der Waals surface area contributed by atoms with E-state index >= 15 is 0 Å². The zero-order chi connectivity index (χ0) is 14.9. The average molecular weight is 293 g/mol. The van der Waals surface area contributed by atoms with Crippen molar-refractivity contribution in [2.75, 3.05) is 37.8 Å². The van der Waals surface area contributed by atoms with Crippen molar-refractivity contribution < 1.29 is 4.79 Å². The molecule has 0 radical (unpaired) electrons. The van der Waals surface area contributed by atoms with Crippen molar-refractivity contribution in [3.05, 3.63) is 23.8 Å². The Morgan fingerprint density at radius 2 is 1.90 bits per heavy atom. The van der Waals surface area contributed by atoms with Crippen LogP contribution in [0, 0.1) is 0 Å². The van der Waals surface area contributed by atoms with Gasteiger partial charge in [-0.3, -0.25) is 4.79 Å². The lowest BCUT2D eigenvalue weighted by Gasteiger charge is -2.37. The fourth-order valence-electron chi connectivity index (χ4n) is 2.61. The molecule has 0 aliphatic carbocycles. The van der Waals surface area contributed by atoms with Gasteiger partial charge in [0, 0.05) is 43.4 Å². The number of carbonyl (C=O) groups is 1. The van der Waals surface area contributed by atoms with Crippen molar-refractivity contribution >= 4 is 29.0 Å². The summed E-state index contributed by atoms with van der Waals surface area (Å²) in [6, 6.07) is 5.56. The Hall–Kier alpha value is -1.36. The predicted octanol–water partition coefficient (Wildman–Crippen LogP) is 2.30. The minimum atomic E-state index is 0.0264. The Kier molecular flexibility index (Phi) is 4.48. The van der Waals surface area contributed by atoms with Gasteiger partial charge in [0.15, 0.2) is 0 Å². The Balaban J connectivity index is 2.38. The molecule has 4 nitrogen and oxygen atoms in total. The molecular weight excluding hydrogens is 270 g/mol. The Labute approximate surface area is 125 Å². The minimum absolute atomic E-state index is 0.0264. The number of amides is 1. The molecule has 0 bridgehead atoms. The third kappa shape index (κ3) is 3.20. The molecule has 2 unspecified atom stereocenters. The summed E-state index contributed by atoms with van der Waals surface area (Å²) < 4.78 is 0. The van der Waals surface area contributed by atoms with E-state index in [1.807, 2.05) is 23.9 Å². The third-order valence-electron chi connectivity index (χ3n) is 3.42. The molecule has 5 heteroatoms. The topological polar surface area (TPSA) is 49.6 Å². The van der Waals surface area contributed by atoms with Crippen LogP contribution in [-0.4, -0.2) is 48.5 Å². The molecule has 2 atom stereocenters. The molecule has 1 heterocycles. The van der Waals surface area contributed by atoms with Crippen LogP contribution in [0.2, 0.25) is 0 Å². The number of rotatable bonds is 2. The van der Waals surface area contributed by atoms with Crippen LogP contribution in [0.3, 0.4) is 0 Å². The van der Waals surface area contributed by atoms with E-state index in [0.29, 0.717) is 16.2 Å². The Morgan fingerprint density at radius 1 is 1.30 bits per heavy atom. The van der Waals surface area contributed by atoms with E-state index < -0.39 is 0 Å². The molecule has 0 saturated carbocycles. The molecule has 1 aliphatic rings. The van der Waals surface area contributed by atoms with Crippen molar-refractivity contribution in [1.82, 2.24) is 4.90 Å². The number of anilines is 2. The molecule has 1 saturated heterocycles. The van der Waals surface area contributed by atoms with Crippen LogP contribution < -0.4 is 10.6 Å².